The summed E-state index contributed by atoms with van der Waals surface area (Å²) in [4.78, 5) is 0. The molecule has 0 bridgehead atoms. The average Bonchev–Trinajstić information content (AvgIpc) is 2.38. The fourth-order valence-electron chi connectivity index (χ4n) is 2.14. The normalized spacial score (nSPS) is 12.4. The molecule has 1 N–H and O–H groups in total. The van der Waals surface area contributed by atoms with E-state index in [1.165, 1.54) is 11.1 Å². The van der Waals surface area contributed by atoms with Crippen molar-refractivity contribution in [1.29, 1.82) is 0 Å². The van der Waals surface area contributed by atoms with Crippen LogP contribution in [0.5, 0.6) is 0 Å². The Morgan fingerprint density at radius 1 is 1.00 bits per heavy atom. The first-order chi connectivity index (χ1) is 9.13. The molecule has 1 nitrogen and oxygen atoms in total. The number of halogens is 2. The Balaban J connectivity index is 2.48. The zero-order valence-corrected chi connectivity index (χ0v) is 12.6. The number of rotatable bonds is 4. The van der Waals surface area contributed by atoms with Gasteiger partial charge in [0.1, 0.15) is 0 Å². The van der Waals surface area contributed by atoms with Crippen LogP contribution in [0.1, 0.15) is 29.7 Å². The summed E-state index contributed by atoms with van der Waals surface area (Å²) in [5, 5.41) is 4.83. The van der Waals surface area contributed by atoms with Crippen molar-refractivity contribution in [2.45, 2.75) is 19.9 Å². The maximum absolute atomic E-state index is 6.32. The molecule has 0 heterocycles. The van der Waals surface area contributed by atoms with Crippen LogP contribution in [0.4, 0.5) is 0 Å². The second-order valence-electron chi connectivity index (χ2n) is 4.54. The van der Waals surface area contributed by atoms with E-state index in [2.05, 4.69) is 43.4 Å². The quantitative estimate of drug-likeness (QED) is 0.836. The van der Waals surface area contributed by atoms with E-state index >= 15 is 0 Å². The predicted octanol–water partition coefficient (Wildman–Crippen LogP) is 5.00. The molecule has 1 atom stereocenters. The first-order valence-corrected chi connectivity index (χ1v) is 7.13. The Kier molecular flexibility index (Phi) is 4.87. The summed E-state index contributed by atoms with van der Waals surface area (Å²) in [6.45, 7) is 5.00. The summed E-state index contributed by atoms with van der Waals surface area (Å²) >= 11 is 12.6. The molecule has 0 aliphatic rings. The van der Waals surface area contributed by atoms with Crippen molar-refractivity contribution in [2.24, 2.45) is 0 Å². The van der Waals surface area contributed by atoms with E-state index in [0.717, 1.165) is 12.1 Å². The minimum absolute atomic E-state index is 0.0202. The third-order valence-corrected chi connectivity index (χ3v) is 3.77. The molecule has 0 radical (unpaired) electrons. The molecule has 3 heteroatoms. The molecule has 0 fully saturated rings. The van der Waals surface area contributed by atoms with Crippen LogP contribution in [0, 0.1) is 6.92 Å². The smallest absolute Gasteiger partial charge is 0.0606 e. The molecule has 100 valence electrons. The largest absolute Gasteiger partial charge is 0.306 e. The first kappa shape index (κ1) is 14.4. The Labute approximate surface area is 124 Å². The van der Waals surface area contributed by atoms with Crippen molar-refractivity contribution in [3.8, 4) is 0 Å². The van der Waals surface area contributed by atoms with Gasteiger partial charge in [0.05, 0.1) is 6.04 Å². The van der Waals surface area contributed by atoms with Gasteiger partial charge in [-0.3, -0.25) is 0 Å². The fraction of sp³-hybridized carbons (Fsp3) is 0.250. The third kappa shape index (κ3) is 3.30. The van der Waals surface area contributed by atoms with E-state index in [1.54, 1.807) is 0 Å². The minimum Gasteiger partial charge on any atom is -0.306 e. The molecule has 2 rings (SSSR count). The Morgan fingerprint density at radius 2 is 1.58 bits per heavy atom. The summed E-state index contributed by atoms with van der Waals surface area (Å²) in [6, 6.07) is 14.1. The SMILES string of the molecule is CCNC(c1ccc(C)cc1)c1c(Cl)cccc1Cl. The van der Waals surface area contributed by atoms with Crippen LogP contribution in [0.25, 0.3) is 0 Å². The van der Waals surface area contributed by atoms with E-state index in [9.17, 15) is 0 Å². The molecule has 1 unspecified atom stereocenters. The van der Waals surface area contributed by atoms with Gasteiger partial charge in [0.2, 0.25) is 0 Å². The molecule has 0 saturated heterocycles. The molecule has 0 aliphatic carbocycles. The molecule has 0 spiro atoms. The highest BCUT2D eigenvalue weighted by Crippen LogP contribution is 2.34. The second-order valence-corrected chi connectivity index (χ2v) is 5.35. The summed E-state index contributed by atoms with van der Waals surface area (Å²) in [7, 11) is 0. The second kappa shape index (κ2) is 6.42. The maximum Gasteiger partial charge on any atom is 0.0606 e. The van der Waals surface area contributed by atoms with Crippen LogP contribution in [0.3, 0.4) is 0 Å². The number of benzene rings is 2. The van der Waals surface area contributed by atoms with Crippen LogP contribution in [0.15, 0.2) is 42.5 Å². The molecule has 0 amide bonds. The van der Waals surface area contributed by atoms with Gasteiger partial charge in [-0.25, -0.2) is 0 Å². The van der Waals surface area contributed by atoms with Crippen molar-refractivity contribution < 1.29 is 0 Å². The lowest BCUT2D eigenvalue weighted by atomic mass is 9.97. The highest BCUT2D eigenvalue weighted by Gasteiger charge is 2.18. The van der Waals surface area contributed by atoms with E-state index in [1.807, 2.05) is 18.2 Å². The van der Waals surface area contributed by atoms with Gasteiger partial charge < -0.3 is 5.32 Å². The number of hydrogen-bond acceptors (Lipinski definition) is 1. The Hall–Kier alpha value is -1.02. The highest BCUT2D eigenvalue weighted by atomic mass is 35.5. The van der Waals surface area contributed by atoms with Crippen LogP contribution >= 0.6 is 23.2 Å². The number of hydrogen-bond donors (Lipinski definition) is 1. The predicted molar refractivity (Wildman–Crippen MR) is 83.2 cm³/mol. The number of aryl methyl sites for hydroxylation is 1. The summed E-state index contributed by atoms with van der Waals surface area (Å²) in [5.41, 5.74) is 3.35. The van der Waals surface area contributed by atoms with Gasteiger partial charge in [0.15, 0.2) is 0 Å². The summed E-state index contributed by atoms with van der Waals surface area (Å²) in [5.74, 6) is 0. The standard InChI is InChI=1S/C16H17Cl2N/c1-3-19-16(12-9-7-11(2)8-10-12)15-13(17)5-4-6-14(15)18/h4-10,16,19H,3H2,1-2H3. The molecular formula is C16H17Cl2N. The lowest BCUT2D eigenvalue weighted by molar-refractivity contribution is 0.631. The van der Waals surface area contributed by atoms with Crippen LogP contribution in [-0.4, -0.2) is 6.54 Å². The van der Waals surface area contributed by atoms with Gasteiger partial charge in [-0.2, -0.15) is 0 Å². The Morgan fingerprint density at radius 3 is 2.11 bits per heavy atom. The van der Waals surface area contributed by atoms with Crippen LogP contribution in [0.2, 0.25) is 10.0 Å². The maximum atomic E-state index is 6.32. The molecule has 0 saturated carbocycles. The first-order valence-electron chi connectivity index (χ1n) is 6.37. The van der Waals surface area contributed by atoms with Gasteiger partial charge in [-0.1, -0.05) is 66.0 Å². The fourth-order valence-corrected chi connectivity index (χ4v) is 2.75. The van der Waals surface area contributed by atoms with E-state index in [4.69, 9.17) is 23.2 Å². The third-order valence-electron chi connectivity index (χ3n) is 3.11. The van der Waals surface area contributed by atoms with Crippen molar-refractivity contribution in [3.05, 3.63) is 69.2 Å². The summed E-state index contributed by atoms with van der Waals surface area (Å²) < 4.78 is 0. The average molecular weight is 294 g/mol. The van der Waals surface area contributed by atoms with E-state index in [0.29, 0.717) is 10.0 Å². The highest BCUT2D eigenvalue weighted by molar-refractivity contribution is 6.36. The van der Waals surface area contributed by atoms with Crippen molar-refractivity contribution in [2.75, 3.05) is 6.54 Å². The summed E-state index contributed by atoms with van der Waals surface area (Å²) in [6.07, 6.45) is 0. The monoisotopic (exact) mass is 293 g/mol. The van der Waals surface area contributed by atoms with E-state index in [-0.39, 0.29) is 6.04 Å². The van der Waals surface area contributed by atoms with Crippen LogP contribution < -0.4 is 5.32 Å². The minimum atomic E-state index is 0.0202. The van der Waals surface area contributed by atoms with Crippen LogP contribution in [-0.2, 0) is 0 Å². The van der Waals surface area contributed by atoms with Gasteiger partial charge in [0.25, 0.3) is 0 Å². The lowest BCUT2D eigenvalue weighted by Gasteiger charge is -2.21. The molecule has 0 aliphatic heterocycles. The Bertz CT molecular complexity index is 529. The van der Waals surface area contributed by atoms with Crippen molar-refractivity contribution in [1.82, 2.24) is 5.32 Å². The molecule has 2 aromatic carbocycles. The molecule has 19 heavy (non-hydrogen) atoms. The lowest BCUT2D eigenvalue weighted by Crippen LogP contribution is -2.22. The van der Waals surface area contributed by atoms with Gasteiger partial charge in [0, 0.05) is 15.6 Å². The molecular weight excluding hydrogens is 277 g/mol. The topological polar surface area (TPSA) is 12.0 Å². The van der Waals surface area contributed by atoms with Crippen molar-refractivity contribution in [3.63, 3.8) is 0 Å². The number of nitrogens with one attached hydrogen (secondary N) is 1. The molecule has 0 aromatic heterocycles. The van der Waals surface area contributed by atoms with Gasteiger partial charge in [-0.05, 0) is 31.2 Å². The van der Waals surface area contributed by atoms with E-state index < -0.39 is 0 Å². The van der Waals surface area contributed by atoms with Gasteiger partial charge >= 0.3 is 0 Å². The van der Waals surface area contributed by atoms with Gasteiger partial charge in [-0.15, -0.1) is 0 Å². The zero-order chi connectivity index (χ0) is 13.8. The van der Waals surface area contributed by atoms with Crippen molar-refractivity contribution >= 4 is 23.2 Å². The molecule has 2 aromatic rings. The zero-order valence-electron chi connectivity index (χ0n) is 11.1.